The summed E-state index contributed by atoms with van der Waals surface area (Å²) in [5.41, 5.74) is 1.06. The van der Waals surface area contributed by atoms with Crippen LogP contribution in [0, 0.1) is 0 Å². The number of rotatable bonds is 5. The van der Waals surface area contributed by atoms with Crippen molar-refractivity contribution in [3.63, 3.8) is 0 Å². The van der Waals surface area contributed by atoms with Crippen LogP contribution in [0.2, 0.25) is 13.1 Å². The van der Waals surface area contributed by atoms with Gasteiger partial charge in [-0.1, -0.05) is 78.9 Å². The van der Waals surface area contributed by atoms with E-state index in [-0.39, 0.29) is 5.54 Å². The normalized spacial score (nSPS) is 16.2. The van der Waals surface area contributed by atoms with Gasteiger partial charge in [-0.15, -0.1) is 0 Å². The summed E-state index contributed by atoms with van der Waals surface area (Å²) in [5.74, 6) is 0. The molecule has 0 aliphatic heterocycles. The molecule has 2 rings (SSSR count). The maximum absolute atomic E-state index is 10.6. The molecule has 3 heteroatoms. The smallest absolute Gasteiger partial charge is 0.0911 e. The van der Waals surface area contributed by atoms with Crippen LogP contribution in [0.15, 0.2) is 60.7 Å². The van der Waals surface area contributed by atoms with Crippen molar-refractivity contribution in [3.8, 4) is 0 Å². The monoisotopic (exact) mass is 300 g/mol. The van der Waals surface area contributed by atoms with E-state index in [2.05, 4.69) is 25.2 Å². The molecule has 2 N–H and O–H groups in total. The van der Waals surface area contributed by atoms with E-state index in [9.17, 15) is 10.2 Å². The first-order valence-electron chi connectivity index (χ1n) is 7.41. The standard InChI is InChI=1S/C18H24O2Si/c1-14(19)17(20)18(15-10-6-4-7-11-15)21(2,3)16-12-8-5-9-13-16/h4-14,17-20H,1-3H3/t14-,17-,18-/m0/s1. The van der Waals surface area contributed by atoms with Crippen molar-refractivity contribution in [2.45, 2.75) is 37.8 Å². The van der Waals surface area contributed by atoms with Crippen LogP contribution in [0.5, 0.6) is 0 Å². The molecule has 2 aromatic carbocycles. The Morgan fingerprint density at radius 3 is 1.76 bits per heavy atom. The predicted molar refractivity (Wildman–Crippen MR) is 90.4 cm³/mol. The highest BCUT2D eigenvalue weighted by molar-refractivity contribution is 6.91. The molecule has 0 amide bonds. The Kier molecular flexibility index (Phi) is 4.98. The highest BCUT2D eigenvalue weighted by Gasteiger charge is 2.40. The minimum atomic E-state index is -1.99. The molecule has 112 valence electrons. The molecule has 3 atom stereocenters. The number of aliphatic hydroxyl groups is 2. The highest BCUT2D eigenvalue weighted by atomic mass is 28.3. The second-order valence-corrected chi connectivity index (χ2v) is 10.8. The van der Waals surface area contributed by atoms with Crippen LogP contribution in [0.3, 0.4) is 0 Å². The predicted octanol–water partition coefficient (Wildman–Crippen LogP) is 2.67. The first kappa shape index (κ1) is 16.0. The van der Waals surface area contributed by atoms with Crippen LogP contribution in [0.4, 0.5) is 0 Å². The Labute approximate surface area is 128 Å². The summed E-state index contributed by atoms with van der Waals surface area (Å²) in [6, 6.07) is 20.4. The fourth-order valence-electron chi connectivity index (χ4n) is 3.03. The average Bonchev–Trinajstić information content (AvgIpc) is 2.49. The van der Waals surface area contributed by atoms with Crippen LogP contribution in [-0.4, -0.2) is 30.5 Å². The largest absolute Gasteiger partial charge is 0.391 e. The number of hydrogen-bond acceptors (Lipinski definition) is 2. The minimum Gasteiger partial charge on any atom is -0.391 e. The molecule has 0 saturated heterocycles. The molecule has 0 radical (unpaired) electrons. The van der Waals surface area contributed by atoms with Crippen molar-refractivity contribution in [2.75, 3.05) is 0 Å². The molecule has 0 saturated carbocycles. The van der Waals surface area contributed by atoms with Crippen LogP contribution in [-0.2, 0) is 0 Å². The van der Waals surface area contributed by atoms with Gasteiger partial charge >= 0.3 is 0 Å². The Morgan fingerprint density at radius 1 is 0.810 bits per heavy atom. The van der Waals surface area contributed by atoms with E-state index >= 15 is 0 Å². The van der Waals surface area contributed by atoms with Crippen LogP contribution in [0.1, 0.15) is 18.0 Å². The summed E-state index contributed by atoms with van der Waals surface area (Å²) >= 11 is 0. The van der Waals surface area contributed by atoms with Gasteiger partial charge in [-0.05, 0) is 12.5 Å². The second kappa shape index (κ2) is 6.56. The number of benzene rings is 2. The van der Waals surface area contributed by atoms with Gasteiger partial charge in [0.1, 0.15) is 0 Å². The molecule has 0 spiro atoms. The number of hydrogen-bond donors (Lipinski definition) is 2. The van der Waals surface area contributed by atoms with Crippen molar-refractivity contribution < 1.29 is 10.2 Å². The van der Waals surface area contributed by atoms with Crippen molar-refractivity contribution in [1.82, 2.24) is 0 Å². The van der Waals surface area contributed by atoms with E-state index in [1.165, 1.54) is 5.19 Å². The summed E-state index contributed by atoms with van der Waals surface area (Å²) < 4.78 is 0. The molecule has 2 nitrogen and oxygen atoms in total. The van der Waals surface area contributed by atoms with Gasteiger partial charge in [0.25, 0.3) is 0 Å². The van der Waals surface area contributed by atoms with E-state index < -0.39 is 20.3 Å². The topological polar surface area (TPSA) is 40.5 Å². The maximum Gasteiger partial charge on any atom is 0.0911 e. The van der Waals surface area contributed by atoms with Crippen molar-refractivity contribution >= 4 is 13.3 Å². The summed E-state index contributed by atoms with van der Waals surface area (Å²) in [6.07, 6.45) is -1.50. The molecular formula is C18H24O2Si. The molecule has 0 fully saturated rings. The summed E-state index contributed by atoms with van der Waals surface area (Å²) in [6.45, 7) is 6.17. The lowest BCUT2D eigenvalue weighted by Gasteiger charge is -2.38. The van der Waals surface area contributed by atoms with Crippen LogP contribution >= 0.6 is 0 Å². The molecule has 21 heavy (non-hydrogen) atoms. The van der Waals surface area contributed by atoms with Crippen LogP contribution in [0.25, 0.3) is 0 Å². The lowest BCUT2D eigenvalue weighted by atomic mass is 10.0. The Hall–Kier alpha value is -1.42. The average molecular weight is 300 g/mol. The number of aliphatic hydroxyl groups excluding tert-OH is 2. The quantitative estimate of drug-likeness (QED) is 0.834. The Balaban J connectivity index is 2.49. The molecule has 2 aromatic rings. The first-order chi connectivity index (χ1) is 9.94. The first-order valence-corrected chi connectivity index (χ1v) is 10.5. The fraction of sp³-hybridized carbons (Fsp3) is 0.333. The van der Waals surface area contributed by atoms with E-state index in [0.29, 0.717) is 0 Å². The lowest BCUT2D eigenvalue weighted by molar-refractivity contribution is 0.0268. The highest BCUT2D eigenvalue weighted by Crippen LogP contribution is 2.31. The SMILES string of the molecule is C[C@H](O)[C@H](O)[C@H](c1ccccc1)[Si](C)(C)c1ccccc1. The van der Waals surface area contributed by atoms with Gasteiger partial charge in [0, 0.05) is 5.54 Å². The Bertz CT molecular complexity index is 552. The third-order valence-corrected chi connectivity index (χ3v) is 8.34. The van der Waals surface area contributed by atoms with Crippen molar-refractivity contribution in [1.29, 1.82) is 0 Å². The maximum atomic E-state index is 10.6. The van der Waals surface area contributed by atoms with Crippen molar-refractivity contribution in [2.24, 2.45) is 0 Å². The third-order valence-electron chi connectivity index (χ3n) is 4.29. The van der Waals surface area contributed by atoms with Gasteiger partial charge in [-0.3, -0.25) is 0 Å². The molecule has 0 heterocycles. The molecule has 0 aliphatic carbocycles. The fourth-order valence-corrected chi connectivity index (χ4v) is 6.60. The second-order valence-electron chi connectivity index (χ2n) is 6.21. The van der Waals surface area contributed by atoms with E-state index in [4.69, 9.17) is 0 Å². The zero-order valence-electron chi connectivity index (χ0n) is 12.9. The van der Waals surface area contributed by atoms with Crippen LogP contribution < -0.4 is 5.19 Å². The summed E-state index contributed by atoms with van der Waals surface area (Å²) in [7, 11) is -1.99. The summed E-state index contributed by atoms with van der Waals surface area (Å²) in [4.78, 5) is 0. The van der Waals surface area contributed by atoms with Crippen molar-refractivity contribution in [3.05, 3.63) is 66.2 Å². The van der Waals surface area contributed by atoms with Gasteiger partial charge in [0.15, 0.2) is 0 Å². The van der Waals surface area contributed by atoms with Gasteiger partial charge in [-0.25, -0.2) is 0 Å². The zero-order chi connectivity index (χ0) is 15.5. The van der Waals surface area contributed by atoms with Gasteiger partial charge in [0.05, 0.1) is 20.3 Å². The van der Waals surface area contributed by atoms with Gasteiger partial charge in [0.2, 0.25) is 0 Å². The molecule has 0 aliphatic rings. The van der Waals surface area contributed by atoms with E-state index in [0.717, 1.165) is 5.56 Å². The molecular weight excluding hydrogens is 276 g/mol. The van der Waals surface area contributed by atoms with Gasteiger partial charge in [-0.2, -0.15) is 0 Å². The zero-order valence-corrected chi connectivity index (χ0v) is 13.9. The summed E-state index contributed by atoms with van der Waals surface area (Å²) in [5, 5.41) is 21.8. The Morgan fingerprint density at radius 2 is 1.29 bits per heavy atom. The molecule has 0 aromatic heterocycles. The van der Waals surface area contributed by atoms with Gasteiger partial charge < -0.3 is 10.2 Å². The minimum absolute atomic E-state index is 0.0406. The van der Waals surface area contributed by atoms with E-state index in [1.807, 2.05) is 48.5 Å². The van der Waals surface area contributed by atoms with E-state index in [1.54, 1.807) is 6.92 Å². The lowest BCUT2D eigenvalue weighted by Crippen LogP contribution is -2.53. The third kappa shape index (κ3) is 3.43. The molecule has 0 unspecified atom stereocenters. The molecule has 0 bridgehead atoms.